The van der Waals surface area contributed by atoms with Crippen LogP contribution in [-0.4, -0.2) is 25.2 Å². The van der Waals surface area contributed by atoms with Crippen LogP contribution in [0.25, 0.3) is 0 Å². The van der Waals surface area contributed by atoms with Gasteiger partial charge >= 0.3 is 0 Å². The molecule has 0 aliphatic carbocycles. The van der Waals surface area contributed by atoms with E-state index in [0.717, 1.165) is 32.5 Å². The average Bonchev–Trinajstić information content (AvgIpc) is 2.65. The van der Waals surface area contributed by atoms with Gasteiger partial charge in [0.2, 0.25) is 0 Å². The highest BCUT2D eigenvalue weighted by molar-refractivity contribution is 7.11. The molecule has 0 aliphatic heterocycles. The van der Waals surface area contributed by atoms with Gasteiger partial charge in [0, 0.05) is 31.3 Å². The minimum absolute atomic E-state index is 0.829. The van der Waals surface area contributed by atoms with E-state index in [1.165, 1.54) is 9.88 Å². The van der Waals surface area contributed by atoms with E-state index in [2.05, 4.69) is 17.2 Å². The molecule has 0 aliphatic rings. The molecule has 1 aromatic heterocycles. The minimum atomic E-state index is 0.829. The van der Waals surface area contributed by atoms with Gasteiger partial charge in [0.25, 0.3) is 0 Å². The topological polar surface area (TPSA) is 34.2 Å². The zero-order chi connectivity index (χ0) is 10.2. The van der Waals surface area contributed by atoms with E-state index in [-0.39, 0.29) is 0 Å². The Labute approximate surface area is 89.5 Å². The fraction of sp³-hybridized carbons (Fsp3) is 0.700. The Balaban J connectivity index is 2.12. The fourth-order valence-electron chi connectivity index (χ4n) is 1.15. The largest absolute Gasteiger partial charge is 0.385 e. The van der Waals surface area contributed by atoms with Gasteiger partial charge in [-0.25, -0.2) is 4.98 Å². The van der Waals surface area contributed by atoms with Crippen molar-refractivity contribution in [1.29, 1.82) is 0 Å². The molecule has 0 amide bonds. The third-order valence-corrected chi connectivity index (χ3v) is 3.05. The van der Waals surface area contributed by atoms with E-state index >= 15 is 0 Å². The Morgan fingerprint density at radius 1 is 1.57 bits per heavy atom. The van der Waals surface area contributed by atoms with E-state index in [4.69, 9.17) is 4.74 Å². The van der Waals surface area contributed by atoms with E-state index in [1.807, 2.05) is 6.20 Å². The Morgan fingerprint density at radius 2 is 2.43 bits per heavy atom. The van der Waals surface area contributed by atoms with Crippen LogP contribution in [0.1, 0.15) is 23.2 Å². The number of nitrogens with zero attached hydrogens (tertiary/aromatic N) is 1. The lowest BCUT2D eigenvalue weighted by molar-refractivity contribution is 0.194. The zero-order valence-corrected chi connectivity index (χ0v) is 9.69. The number of aromatic nitrogens is 1. The molecule has 0 unspecified atom stereocenters. The summed E-state index contributed by atoms with van der Waals surface area (Å²) >= 11 is 1.79. The van der Waals surface area contributed by atoms with E-state index < -0.39 is 0 Å². The molecule has 0 atom stereocenters. The Kier molecular flexibility index (Phi) is 5.75. The van der Waals surface area contributed by atoms with Crippen LogP contribution in [0.5, 0.6) is 0 Å². The molecule has 0 bridgehead atoms. The quantitative estimate of drug-likeness (QED) is 0.703. The van der Waals surface area contributed by atoms with Crippen molar-refractivity contribution < 1.29 is 4.74 Å². The number of rotatable bonds is 7. The zero-order valence-electron chi connectivity index (χ0n) is 8.88. The molecule has 1 N–H and O–H groups in total. The molecule has 1 heterocycles. The molecule has 1 aromatic rings. The summed E-state index contributed by atoms with van der Waals surface area (Å²) in [5, 5.41) is 4.59. The SMILES string of the molecule is CCc1ncc(CNCCCOC)s1. The maximum absolute atomic E-state index is 4.97. The van der Waals surface area contributed by atoms with Crippen molar-refractivity contribution in [2.24, 2.45) is 0 Å². The highest BCUT2D eigenvalue weighted by atomic mass is 32.1. The Bertz CT molecular complexity index is 250. The molecule has 14 heavy (non-hydrogen) atoms. The van der Waals surface area contributed by atoms with Crippen molar-refractivity contribution in [1.82, 2.24) is 10.3 Å². The van der Waals surface area contributed by atoms with E-state index in [1.54, 1.807) is 18.4 Å². The van der Waals surface area contributed by atoms with Crippen LogP contribution in [0, 0.1) is 0 Å². The van der Waals surface area contributed by atoms with E-state index in [0.29, 0.717) is 0 Å². The molecule has 80 valence electrons. The van der Waals surface area contributed by atoms with Crippen molar-refractivity contribution in [2.75, 3.05) is 20.3 Å². The Morgan fingerprint density at radius 3 is 3.07 bits per heavy atom. The van der Waals surface area contributed by atoms with Gasteiger partial charge in [-0.3, -0.25) is 0 Å². The van der Waals surface area contributed by atoms with Gasteiger partial charge in [-0.05, 0) is 19.4 Å². The molecule has 0 radical (unpaired) electrons. The lowest BCUT2D eigenvalue weighted by Gasteiger charge is -2.01. The number of ether oxygens (including phenoxy) is 1. The average molecular weight is 214 g/mol. The van der Waals surface area contributed by atoms with Crippen LogP contribution in [-0.2, 0) is 17.7 Å². The van der Waals surface area contributed by atoms with Gasteiger partial charge in [-0.2, -0.15) is 0 Å². The molecule has 0 fully saturated rings. The smallest absolute Gasteiger partial charge is 0.0925 e. The molecule has 1 rings (SSSR count). The van der Waals surface area contributed by atoms with Crippen molar-refractivity contribution in [2.45, 2.75) is 26.3 Å². The van der Waals surface area contributed by atoms with Crippen LogP contribution in [0.15, 0.2) is 6.20 Å². The second-order valence-corrected chi connectivity index (χ2v) is 4.30. The van der Waals surface area contributed by atoms with Crippen LogP contribution in [0.4, 0.5) is 0 Å². The fourth-order valence-corrected chi connectivity index (χ4v) is 1.98. The standard InChI is InChI=1S/C10H18N2OS/c1-3-10-12-8-9(14-10)7-11-5-4-6-13-2/h8,11H,3-7H2,1-2H3. The molecule has 0 spiro atoms. The highest BCUT2D eigenvalue weighted by Gasteiger charge is 1.98. The molecule has 3 nitrogen and oxygen atoms in total. The lowest BCUT2D eigenvalue weighted by Crippen LogP contribution is -2.15. The molecule has 0 saturated carbocycles. The third kappa shape index (κ3) is 4.17. The van der Waals surface area contributed by atoms with Gasteiger partial charge in [-0.1, -0.05) is 6.92 Å². The number of aryl methyl sites for hydroxylation is 1. The van der Waals surface area contributed by atoms with Crippen molar-refractivity contribution >= 4 is 11.3 Å². The molecule has 4 heteroatoms. The minimum Gasteiger partial charge on any atom is -0.385 e. The first-order valence-electron chi connectivity index (χ1n) is 5.00. The van der Waals surface area contributed by atoms with Gasteiger partial charge in [0.05, 0.1) is 5.01 Å². The maximum atomic E-state index is 4.97. The summed E-state index contributed by atoms with van der Waals surface area (Å²) in [4.78, 5) is 5.62. The van der Waals surface area contributed by atoms with Crippen LogP contribution >= 0.6 is 11.3 Å². The molecule has 0 saturated heterocycles. The first kappa shape index (κ1) is 11.6. The number of methoxy groups -OCH3 is 1. The second-order valence-electron chi connectivity index (χ2n) is 3.10. The van der Waals surface area contributed by atoms with Crippen LogP contribution in [0.2, 0.25) is 0 Å². The Hall–Kier alpha value is -0.450. The number of hydrogen-bond acceptors (Lipinski definition) is 4. The number of nitrogens with one attached hydrogen (secondary N) is 1. The summed E-state index contributed by atoms with van der Waals surface area (Å²) in [5.74, 6) is 0. The first-order chi connectivity index (χ1) is 6.86. The summed E-state index contributed by atoms with van der Waals surface area (Å²) < 4.78 is 4.97. The van der Waals surface area contributed by atoms with Crippen molar-refractivity contribution in [3.63, 3.8) is 0 Å². The summed E-state index contributed by atoms with van der Waals surface area (Å²) in [6, 6.07) is 0. The molecular weight excluding hydrogens is 196 g/mol. The van der Waals surface area contributed by atoms with E-state index in [9.17, 15) is 0 Å². The van der Waals surface area contributed by atoms with Crippen LogP contribution < -0.4 is 5.32 Å². The van der Waals surface area contributed by atoms with Gasteiger partial charge in [-0.15, -0.1) is 11.3 Å². The van der Waals surface area contributed by atoms with Gasteiger partial charge in [0.15, 0.2) is 0 Å². The first-order valence-corrected chi connectivity index (χ1v) is 5.81. The monoisotopic (exact) mass is 214 g/mol. The molecule has 0 aromatic carbocycles. The number of thiazole rings is 1. The normalized spacial score (nSPS) is 10.7. The van der Waals surface area contributed by atoms with Crippen molar-refractivity contribution in [3.05, 3.63) is 16.1 Å². The van der Waals surface area contributed by atoms with Gasteiger partial charge < -0.3 is 10.1 Å². The summed E-state index contributed by atoms with van der Waals surface area (Å²) in [6.45, 7) is 4.90. The third-order valence-electron chi connectivity index (χ3n) is 1.91. The molecular formula is C10H18N2OS. The summed E-state index contributed by atoms with van der Waals surface area (Å²) in [5.41, 5.74) is 0. The maximum Gasteiger partial charge on any atom is 0.0925 e. The summed E-state index contributed by atoms with van der Waals surface area (Å²) in [7, 11) is 1.73. The highest BCUT2D eigenvalue weighted by Crippen LogP contribution is 2.12. The lowest BCUT2D eigenvalue weighted by atomic mass is 10.4. The van der Waals surface area contributed by atoms with Crippen molar-refractivity contribution in [3.8, 4) is 0 Å². The predicted molar refractivity (Wildman–Crippen MR) is 59.7 cm³/mol. The number of hydrogen-bond donors (Lipinski definition) is 1. The van der Waals surface area contributed by atoms with Crippen LogP contribution in [0.3, 0.4) is 0 Å². The summed E-state index contributed by atoms with van der Waals surface area (Å²) in [6.07, 6.45) is 4.07. The predicted octanol–water partition coefficient (Wildman–Crippen LogP) is 1.83. The second kappa shape index (κ2) is 6.92. The van der Waals surface area contributed by atoms with Gasteiger partial charge in [0.1, 0.15) is 0 Å².